The van der Waals surface area contributed by atoms with Crippen LogP contribution >= 0.6 is 0 Å². The van der Waals surface area contributed by atoms with Gasteiger partial charge in [-0.1, -0.05) is 12.2 Å². The van der Waals surface area contributed by atoms with Gasteiger partial charge in [-0.2, -0.15) is 0 Å². The Morgan fingerprint density at radius 2 is 2.14 bits per heavy atom. The van der Waals surface area contributed by atoms with Crippen molar-refractivity contribution in [3.8, 4) is 0 Å². The highest BCUT2D eigenvalue weighted by Crippen LogP contribution is 2.69. The number of hydrogen-bond acceptors (Lipinski definition) is 1. The van der Waals surface area contributed by atoms with Crippen LogP contribution in [0.5, 0.6) is 0 Å². The SMILES string of the molecule is OCC12C=CC(C1)C1C3CCC(C3)C12. The lowest BCUT2D eigenvalue weighted by Gasteiger charge is -2.38. The van der Waals surface area contributed by atoms with Crippen molar-refractivity contribution in [2.24, 2.45) is 35.0 Å². The van der Waals surface area contributed by atoms with Gasteiger partial charge in [0.2, 0.25) is 0 Å². The Hall–Kier alpha value is -0.300. The molecule has 1 nitrogen and oxygen atoms in total. The number of hydrogen-bond donors (Lipinski definition) is 1. The predicted octanol–water partition coefficient (Wildman–Crippen LogP) is 2.22. The van der Waals surface area contributed by atoms with E-state index in [1.54, 1.807) is 0 Å². The Bertz CT molecular complexity index is 308. The molecular formula is C13H18O. The monoisotopic (exact) mass is 190 g/mol. The number of aliphatic hydroxyl groups is 1. The summed E-state index contributed by atoms with van der Waals surface area (Å²) in [7, 11) is 0. The molecule has 4 aliphatic carbocycles. The normalized spacial score (nSPS) is 62.5. The van der Waals surface area contributed by atoms with Gasteiger partial charge >= 0.3 is 0 Å². The zero-order valence-electron chi connectivity index (χ0n) is 8.52. The minimum Gasteiger partial charge on any atom is -0.395 e. The standard InChI is InChI=1S/C13H18O/c14-7-13-4-3-10(6-13)11-8-1-2-9(5-8)12(11)13/h3-4,8-12,14H,1-2,5-7H2. The number of allylic oxidation sites excluding steroid dienone is 1. The third kappa shape index (κ3) is 0.670. The van der Waals surface area contributed by atoms with Crippen molar-refractivity contribution in [2.75, 3.05) is 6.61 Å². The predicted molar refractivity (Wildman–Crippen MR) is 54.6 cm³/mol. The van der Waals surface area contributed by atoms with Gasteiger partial charge in [-0.15, -0.1) is 0 Å². The molecule has 3 fully saturated rings. The first kappa shape index (κ1) is 7.92. The van der Waals surface area contributed by atoms with Crippen LogP contribution in [0.1, 0.15) is 25.7 Å². The van der Waals surface area contributed by atoms with Crippen LogP contribution < -0.4 is 0 Å². The van der Waals surface area contributed by atoms with Crippen LogP contribution in [0.2, 0.25) is 0 Å². The fraction of sp³-hybridized carbons (Fsp3) is 0.846. The van der Waals surface area contributed by atoms with Crippen molar-refractivity contribution in [3.63, 3.8) is 0 Å². The first-order valence-corrected chi connectivity index (χ1v) is 6.14. The second kappa shape index (κ2) is 2.27. The van der Waals surface area contributed by atoms with Gasteiger partial charge in [-0.05, 0) is 55.3 Å². The van der Waals surface area contributed by atoms with Gasteiger partial charge in [0.25, 0.3) is 0 Å². The zero-order valence-corrected chi connectivity index (χ0v) is 8.52. The molecule has 76 valence electrons. The Labute approximate surface area is 85.2 Å². The lowest BCUT2D eigenvalue weighted by molar-refractivity contribution is 0.0807. The van der Waals surface area contributed by atoms with E-state index < -0.39 is 0 Å². The minimum absolute atomic E-state index is 0.231. The van der Waals surface area contributed by atoms with Crippen molar-refractivity contribution in [2.45, 2.75) is 25.7 Å². The van der Waals surface area contributed by atoms with Crippen LogP contribution in [-0.4, -0.2) is 11.7 Å². The van der Waals surface area contributed by atoms with E-state index in [0.29, 0.717) is 6.61 Å². The lowest BCUT2D eigenvalue weighted by atomic mass is 9.67. The van der Waals surface area contributed by atoms with Crippen LogP contribution in [-0.2, 0) is 0 Å². The maximum atomic E-state index is 9.67. The molecule has 0 saturated heterocycles. The van der Waals surface area contributed by atoms with Gasteiger partial charge in [-0.25, -0.2) is 0 Å². The summed E-state index contributed by atoms with van der Waals surface area (Å²) in [6.07, 6.45) is 10.5. The molecule has 0 aliphatic heterocycles. The van der Waals surface area contributed by atoms with Crippen LogP contribution in [0.25, 0.3) is 0 Å². The number of aliphatic hydroxyl groups excluding tert-OH is 1. The highest BCUT2D eigenvalue weighted by Gasteiger charge is 2.63. The number of rotatable bonds is 1. The van der Waals surface area contributed by atoms with Crippen molar-refractivity contribution >= 4 is 0 Å². The molecule has 1 heteroatoms. The molecule has 4 aliphatic rings. The van der Waals surface area contributed by atoms with E-state index in [2.05, 4.69) is 12.2 Å². The Balaban J connectivity index is 1.82. The molecule has 0 amide bonds. The smallest absolute Gasteiger partial charge is 0.0525 e. The number of fused-ring (bicyclic) bond motifs is 9. The van der Waals surface area contributed by atoms with Crippen molar-refractivity contribution in [3.05, 3.63) is 12.2 Å². The third-order valence-corrected chi connectivity index (χ3v) is 5.72. The maximum Gasteiger partial charge on any atom is 0.0525 e. The van der Waals surface area contributed by atoms with Crippen molar-refractivity contribution < 1.29 is 5.11 Å². The van der Waals surface area contributed by atoms with Crippen molar-refractivity contribution in [1.82, 2.24) is 0 Å². The molecule has 0 aromatic heterocycles. The summed E-state index contributed by atoms with van der Waals surface area (Å²) in [5, 5.41) is 9.67. The summed E-state index contributed by atoms with van der Waals surface area (Å²) in [4.78, 5) is 0. The van der Waals surface area contributed by atoms with Crippen LogP contribution in [0, 0.1) is 35.0 Å². The van der Waals surface area contributed by atoms with E-state index in [9.17, 15) is 5.11 Å². The molecule has 0 heterocycles. The molecular weight excluding hydrogens is 172 g/mol. The molecule has 1 N–H and O–H groups in total. The first-order chi connectivity index (χ1) is 6.84. The average Bonchev–Trinajstić information content (AvgIpc) is 2.96. The highest BCUT2D eigenvalue weighted by molar-refractivity contribution is 5.26. The Morgan fingerprint density at radius 1 is 1.29 bits per heavy atom. The summed E-state index contributed by atoms with van der Waals surface area (Å²) < 4.78 is 0. The summed E-state index contributed by atoms with van der Waals surface area (Å²) in [6, 6.07) is 0. The molecule has 0 spiro atoms. The topological polar surface area (TPSA) is 20.2 Å². The van der Waals surface area contributed by atoms with E-state index in [1.807, 2.05) is 0 Å². The first-order valence-electron chi connectivity index (χ1n) is 6.14. The summed E-state index contributed by atoms with van der Waals surface area (Å²) >= 11 is 0. The minimum atomic E-state index is 0.231. The maximum absolute atomic E-state index is 9.67. The summed E-state index contributed by atoms with van der Waals surface area (Å²) in [5.41, 5.74) is 0.231. The molecule has 0 aromatic rings. The largest absolute Gasteiger partial charge is 0.395 e. The fourth-order valence-corrected chi connectivity index (χ4v) is 5.43. The van der Waals surface area contributed by atoms with Gasteiger partial charge in [-0.3, -0.25) is 0 Å². The summed E-state index contributed by atoms with van der Waals surface area (Å²) in [6.45, 7) is 0.407. The Kier molecular flexibility index (Phi) is 1.28. The highest BCUT2D eigenvalue weighted by atomic mass is 16.3. The molecule has 6 unspecified atom stereocenters. The molecule has 4 bridgehead atoms. The molecule has 14 heavy (non-hydrogen) atoms. The van der Waals surface area contributed by atoms with Gasteiger partial charge in [0, 0.05) is 5.41 Å². The second-order valence-electron chi connectivity index (χ2n) is 6.05. The van der Waals surface area contributed by atoms with E-state index in [1.165, 1.54) is 25.7 Å². The van der Waals surface area contributed by atoms with E-state index in [4.69, 9.17) is 0 Å². The van der Waals surface area contributed by atoms with Gasteiger partial charge in [0.1, 0.15) is 0 Å². The molecule has 3 saturated carbocycles. The third-order valence-electron chi connectivity index (χ3n) is 5.72. The van der Waals surface area contributed by atoms with Crippen LogP contribution in [0.3, 0.4) is 0 Å². The van der Waals surface area contributed by atoms with E-state index in [0.717, 1.165) is 29.6 Å². The zero-order chi connectivity index (χ0) is 9.34. The second-order valence-corrected chi connectivity index (χ2v) is 6.05. The van der Waals surface area contributed by atoms with Gasteiger partial charge in [0.15, 0.2) is 0 Å². The molecule has 6 atom stereocenters. The molecule has 0 aromatic carbocycles. The Morgan fingerprint density at radius 3 is 3.00 bits per heavy atom. The van der Waals surface area contributed by atoms with E-state index >= 15 is 0 Å². The van der Waals surface area contributed by atoms with Gasteiger partial charge < -0.3 is 5.11 Å². The van der Waals surface area contributed by atoms with E-state index in [-0.39, 0.29) is 5.41 Å². The van der Waals surface area contributed by atoms with Gasteiger partial charge in [0.05, 0.1) is 6.61 Å². The average molecular weight is 190 g/mol. The lowest BCUT2D eigenvalue weighted by Crippen LogP contribution is -2.35. The van der Waals surface area contributed by atoms with Crippen LogP contribution in [0.15, 0.2) is 12.2 Å². The summed E-state index contributed by atoms with van der Waals surface area (Å²) in [5.74, 6) is 4.65. The quantitative estimate of drug-likeness (QED) is 0.496. The van der Waals surface area contributed by atoms with Crippen molar-refractivity contribution in [1.29, 1.82) is 0 Å². The van der Waals surface area contributed by atoms with Crippen LogP contribution in [0.4, 0.5) is 0 Å². The molecule has 4 rings (SSSR count). The molecule has 0 radical (unpaired) electrons. The fourth-order valence-electron chi connectivity index (χ4n) is 5.43.